The molecule has 30 heavy (non-hydrogen) atoms. The van der Waals surface area contributed by atoms with E-state index < -0.39 is 10.0 Å². The Morgan fingerprint density at radius 2 is 1.73 bits per heavy atom. The molecule has 0 atom stereocenters. The summed E-state index contributed by atoms with van der Waals surface area (Å²) in [6, 6.07) is 13.0. The molecule has 0 bridgehead atoms. The van der Waals surface area contributed by atoms with E-state index in [2.05, 4.69) is 10.2 Å². The van der Waals surface area contributed by atoms with Gasteiger partial charge in [0.2, 0.25) is 5.91 Å². The number of benzene rings is 2. The summed E-state index contributed by atoms with van der Waals surface area (Å²) in [6.45, 7) is 4.67. The number of sulfonamides is 1. The number of morpholine rings is 1. The summed E-state index contributed by atoms with van der Waals surface area (Å²) >= 11 is 5.84. The first-order chi connectivity index (χ1) is 14.4. The molecule has 0 unspecified atom stereocenters. The predicted molar refractivity (Wildman–Crippen MR) is 117 cm³/mol. The van der Waals surface area contributed by atoms with Crippen LogP contribution in [0.4, 0.5) is 5.69 Å². The Balaban J connectivity index is 1.53. The van der Waals surface area contributed by atoms with Crippen molar-refractivity contribution in [3.05, 3.63) is 59.1 Å². The smallest absolute Gasteiger partial charge is 0.264 e. The number of nitrogens with one attached hydrogen (secondary N) is 1. The molecule has 0 aliphatic carbocycles. The number of rotatable bonds is 8. The molecule has 3 rings (SSSR count). The number of halogens is 1. The van der Waals surface area contributed by atoms with Crippen molar-refractivity contribution in [2.24, 2.45) is 0 Å². The predicted octanol–water partition coefficient (Wildman–Crippen LogP) is 2.16. The highest BCUT2D eigenvalue weighted by Gasteiger charge is 2.21. The van der Waals surface area contributed by atoms with Crippen LogP contribution >= 0.6 is 11.6 Å². The molecule has 0 radical (unpaired) electrons. The molecule has 9 heteroatoms. The Morgan fingerprint density at radius 1 is 1.10 bits per heavy atom. The van der Waals surface area contributed by atoms with Gasteiger partial charge in [-0.25, -0.2) is 8.42 Å². The van der Waals surface area contributed by atoms with E-state index in [-0.39, 0.29) is 17.2 Å². The molecule has 7 nitrogen and oxygen atoms in total. The zero-order chi connectivity index (χ0) is 21.6. The van der Waals surface area contributed by atoms with Crippen molar-refractivity contribution < 1.29 is 17.9 Å². The number of hydrogen-bond acceptors (Lipinski definition) is 5. The molecule has 1 heterocycles. The van der Waals surface area contributed by atoms with Crippen LogP contribution in [0.2, 0.25) is 5.02 Å². The van der Waals surface area contributed by atoms with Gasteiger partial charge < -0.3 is 10.1 Å². The minimum Gasteiger partial charge on any atom is -0.379 e. The van der Waals surface area contributed by atoms with Gasteiger partial charge in [-0.05, 0) is 42.0 Å². The fraction of sp³-hybridized carbons (Fsp3) is 0.381. The second-order valence-corrected chi connectivity index (χ2v) is 9.48. The van der Waals surface area contributed by atoms with Crippen LogP contribution in [0.15, 0.2) is 53.4 Å². The lowest BCUT2D eigenvalue weighted by Crippen LogP contribution is -2.41. The molecule has 1 aliphatic heterocycles. The molecule has 1 fully saturated rings. The summed E-state index contributed by atoms with van der Waals surface area (Å²) in [4.78, 5) is 14.6. The highest BCUT2D eigenvalue weighted by atomic mass is 35.5. The van der Waals surface area contributed by atoms with Gasteiger partial charge in [0.1, 0.15) is 0 Å². The lowest BCUT2D eigenvalue weighted by molar-refractivity contribution is -0.120. The summed E-state index contributed by atoms with van der Waals surface area (Å²) in [5, 5.41) is 3.40. The monoisotopic (exact) mass is 451 g/mol. The minimum atomic E-state index is -3.69. The van der Waals surface area contributed by atoms with Gasteiger partial charge in [-0.3, -0.25) is 14.0 Å². The van der Waals surface area contributed by atoms with Crippen LogP contribution in [0.1, 0.15) is 5.56 Å². The highest BCUT2D eigenvalue weighted by Crippen LogP contribution is 2.23. The van der Waals surface area contributed by atoms with Crippen LogP contribution in [0.3, 0.4) is 0 Å². The largest absolute Gasteiger partial charge is 0.379 e. The fourth-order valence-corrected chi connectivity index (χ4v) is 4.47. The third kappa shape index (κ3) is 5.95. The molecule has 0 aromatic heterocycles. The number of nitrogens with zero attached hydrogens (tertiary/aromatic N) is 2. The zero-order valence-corrected chi connectivity index (χ0v) is 18.5. The third-order valence-electron chi connectivity index (χ3n) is 4.99. The van der Waals surface area contributed by atoms with Gasteiger partial charge >= 0.3 is 0 Å². The maximum atomic E-state index is 12.8. The molecule has 1 N–H and O–H groups in total. The quantitative estimate of drug-likeness (QED) is 0.665. The van der Waals surface area contributed by atoms with Crippen LogP contribution in [0.5, 0.6) is 0 Å². The van der Waals surface area contributed by atoms with Crippen LogP contribution in [0.25, 0.3) is 0 Å². The number of hydrogen-bond donors (Lipinski definition) is 1. The van der Waals surface area contributed by atoms with Crippen molar-refractivity contribution >= 4 is 33.2 Å². The van der Waals surface area contributed by atoms with Crippen molar-refractivity contribution in [2.75, 3.05) is 50.7 Å². The molecule has 2 aromatic rings. The lowest BCUT2D eigenvalue weighted by Gasteiger charge is -2.26. The molecule has 2 aromatic carbocycles. The number of amides is 1. The summed E-state index contributed by atoms with van der Waals surface area (Å²) in [5.41, 5.74) is 1.33. The number of ether oxygens (including phenoxy) is 1. The van der Waals surface area contributed by atoms with Gasteiger partial charge in [-0.2, -0.15) is 0 Å². The second kappa shape index (κ2) is 10.3. The van der Waals surface area contributed by atoms with Gasteiger partial charge in [0.15, 0.2) is 0 Å². The van der Waals surface area contributed by atoms with Crippen molar-refractivity contribution in [2.45, 2.75) is 11.3 Å². The van der Waals surface area contributed by atoms with E-state index >= 15 is 0 Å². The SMILES string of the molecule is CN(c1ccc(CC(=O)NCCN2CCOCC2)cc1)S(=O)(=O)c1ccc(Cl)cc1. The highest BCUT2D eigenvalue weighted by molar-refractivity contribution is 7.92. The topological polar surface area (TPSA) is 79.0 Å². The molecule has 0 spiro atoms. The van der Waals surface area contributed by atoms with E-state index in [4.69, 9.17) is 16.3 Å². The normalized spacial score (nSPS) is 15.0. The Morgan fingerprint density at radius 3 is 2.37 bits per heavy atom. The molecule has 1 saturated heterocycles. The van der Waals surface area contributed by atoms with Crippen LogP contribution in [0, 0.1) is 0 Å². The molecular weight excluding hydrogens is 426 g/mol. The average molecular weight is 452 g/mol. The van der Waals surface area contributed by atoms with Crippen molar-refractivity contribution in [3.8, 4) is 0 Å². The maximum absolute atomic E-state index is 12.8. The van der Waals surface area contributed by atoms with Crippen molar-refractivity contribution in [3.63, 3.8) is 0 Å². The first kappa shape index (κ1) is 22.6. The maximum Gasteiger partial charge on any atom is 0.264 e. The first-order valence-corrected chi connectivity index (χ1v) is 11.6. The Kier molecular flexibility index (Phi) is 7.71. The van der Waals surface area contributed by atoms with Crippen molar-refractivity contribution in [1.29, 1.82) is 0 Å². The Hall–Kier alpha value is -2.13. The van der Waals surface area contributed by atoms with Gasteiger partial charge in [-0.15, -0.1) is 0 Å². The second-order valence-electron chi connectivity index (χ2n) is 7.07. The van der Waals surface area contributed by atoms with E-state index in [0.29, 0.717) is 17.3 Å². The lowest BCUT2D eigenvalue weighted by atomic mass is 10.1. The summed E-state index contributed by atoms with van der Waals surface area (Å²) < 4.78 is 32.0. The summed E-state index contributed by atoms with van der Waals surface area (Å²) in [6.07, 6.45) is 0.247. The summed E-state index contributed by atoms with van der Waals surface area (Å²) in [5.74, 6) is -0.0573. The fourth-order valence-electron chi connectivity index (χ4n) is 3.15. The standard InChI is InChI=1S/C21H26ClN3O4S/c1-24(30(27,28)20-8-4-18(22)5-9-20)19-6-2-17(3-7-19)16-21(26)23-10-11-25-12-14-29-15-13-25/h2-9H,10-16H2,1H3,(H,23,26). The summed E-state index contributed by atoms with van der Waals surface area (Å²) in [7, 11) is -2.19. The number of carbonyl (C=O) groups is 1. The minimum absolute atomic E-state index is 0.0573. The van der Waals surface area contributed by atoms with E-state index in [1.54, 1.807) is 36.4 Å². The van der Waals surface area contributed by atoms with Crippen molar-refractivity contribution in [1.82, 2.24) is 10.2 Å². The van der Waals surface area contributed by atoms with E-state index in [1.165, 1.54) is 23.5 Å². The first-order valence-electron chi connectivity index (χ1n) is 9.76. The Bertz CT molecular complexity index is 943. The molecule has 162 valence electrons. The average Bonchev–Trinajstić information content (AvgIpc) is 2.75. The van der Waals surface area contributed by atoms with Gasteiger partial charge in [0.25, 0.3) is 10.0 Å². The molecule has 1 aliphatic rings. The van der Waals surface area contributed by atoms with Crippen LogP contribution in [-0.4, -0.2) is 65.7 Å². The third-order valence-corrected chi connectivity index (χ3v) is 7.04. The van der Waals surface area contributed by atoms with Crippen LogP contribution < -0.4 is 9.62 Å². The van der Waals surface area contributed by atoms with E-state index in [1.807, 2.05) is 0 Å². The zero-order valence-electron chi connectivity index (χ0n) is 16.9. The van der Waals surface area contributed by atoms with Gasteiger partial charge in [-0.1, -0.05) is 23.7 Å². The molecular formula is C21H26ClN3O4S. The van der Waals surface area contributed by atoms with Crippen LogP contribution in [-0.2, 0) is 26.0 Å². The van der Waals surface area contributed by atoms with E-state index in [0.717, 1.165) is 38.4 Å². The molecule has 0 saturated carbocycles. The van der Waals surface area contributed by atoms with Gasteiger partial charge in [0, 0.05) is 38.2 Å². The molecule has 1 amide bonds. The Labute approximate surface area is 182 Å². The number of carbonyl (C=O) groups excluding carboxylic acids is 1. The van der Waals surface area contributed by atoms with Gasteiger partial charge in [0.05, 0.1) is 30.2 Å². The number of anilines is 1. The van der Waals surface area contributed by atoms with E-state index in [9.17, 15) is 13.2 Å².